The van der Waals surface area contributed by atoms with Crippen molar-refractivity contribution < 1.29 is 42.2 Å². The molecule has 0 spiro atoms. The molecule has 12 heteroatoms. The summed E-state index contributed by atoms with van der Waals surface area (Å²) < 4.78 is 38.5. The topological polar surface area (TPSA) is 110 Å². The van der Waals surface area contributed by atoms with E-state index in [2.05, 4.69) is 6.07 Å². The average molecular weight is 531 g/mol. The number of carboxylic acid groups (broad SMARTS) is 1. The van der Waals surface area contributed by atoms with Gasteiger partial charge in [-0.3, -0.25) is 0 Å². The fourth-order valence-corrected chi connectivity index (χ4v) is 6.39. The van der Waals surface area contributed by atoms with Crippen LogP contribution >= 0.6 is 22.7 Å². The first-order valence-electron chi connectivity index (χ1n) is 11.0. The van der Waals surface area contributed by atoms with Crippen LogP contribution in [-0.4, -0.2) is 60.0 Å². The Kier molecular flexibility index (Phi) is 8.58. The molecule has 2 aromatic rings. The molecular weight excluding hydrogens is 505 g/mol. The van der Waals surface area contributed by atoms with E-state index in [0.29, 0.717) is 22.1 Å². The number of carbonyl (C=O) groups is 2. The monoisotopic (exact) mass is 530 g/mol. The zero-order valence-corrected chi connectivity index (χ0v) is 20.3. The summed E-state index contributed by atoms with van der Waals surface area (Å²) in [4.78, 5) is 23.2. The number of nitrogens with zero attached hydrogens (tertiary/aromatic N) is 2. The number of alkyl halides is 3. The molecule has 0 aliphatic carbocycles. The van der Waals surface area contributed by atoms with Crippen LogP contribution in [0.5, 0.6) is 0 Å². The fourth-order valence-electron chi connectivity index (χ4n) is 4.68. The van der Waals surface area contributed by atoms with Gasteiger partial charge in [-0.25, -0.2) is 4.79 Å². The number of hydrogen-bond donors (Lipinski definition) is 1. The predicted molar refractivity (Wildman–Crippen MR) is 120 cm³/mol. The maximum absolute atomic E-state index is 13.3. The van der Waals surface area contributed by atoms with Crippen LogP contribution in [0.3, 0.4) is 0 Å². The number of aliphatic hydroxyl groups is 1. The molecule has 190 valence electrons. The smallest absolute Gasteiger partial charge is 0.430 e. The first-order chi connectivity index (χ1) is 16.5. The van der Waals surface area contributed by atoms with Gasteiger partial charge in [0, 0.05) is 31.6 Å². The van der Waals surface area contributed by atoms with Crippen molar-refractivity contribution in [2.75, 3.05) is 26.2 Å². The average Bonchev–Trinajstić information content (AvgIpc) is 3.54. The number of ether oxygens (including phenoxy) is 1. The number of carbonyl (C=O) groups excluding carboxylic acids is 2. The van der Waals surface area contributed by atoms with Crippen LogP contribution in [0.4, 0.5) is 13.2 Å². The Hall–Kier alpha value is -2.46. The van der Waals surface area contributed by atoms with Gasteiger partial charge < -0.3 is 24.2 Å². The van der Waals surface area contributed by atoms with Gasteiger partial charge in [0.05, 0.1) is 35.5 Å². The van der Waals surface area contributed by atoms with Crippen LogP contribution in [0, 0.1) is 17.2 Å². The van der Waals surface area contributed by atoms with E-state index in [1.807, 2.05) is 22.9 Å². The number of unbranched alkanes of at least 4 members (excludes halogenated alkanes) is 1. The van der Waals surface area contributed by atoms with Gasteiger partial charge in [0.25, 0.3) is 0 Å². The summed E-state index contributed by atoms with van der Waals surface area (Å²) in [5.41, 5.74) is -1.74. The van der Waals surface area contributed by atoms with Crippen LogP contribution in [0.15, 0.2) is 35.0 Å². The minimum atomic E-state index is -5.19. The van der Waals surface area contributed by atoms with E-state index in [9.17, 15) is 23.1 Å². The van der Waals surface area contributed by atoms with Gasteiger partial charge in [0.15, 0.2) is 6.10 Å². The first-order valence-corrected chi connectivity index (χ1v) is 12.8. The largest absolute Gasteiger partial charge is 0.542 e. The van der Waals surface area contributed by atoms with E-state index in [4.69, 9.17) is 19.9 Å². The number of rotatable bonds is 7. The summed E-state index contributed by atoms with van der Waals surface area (Å²) in [7, 11) is 0. The Bertz CT molecular complexity index is 992. The number of carboxylic acids is 1. The molecule has 0 amide bonds. The molecule has 35 heavy (non-hydrogen) atoms. The van der Waals surface area contributed by atoms with Crippen molar-refractivity contribution in [3.63, 3.8) is 0 Å². The molecule has 1 N–H and O–H groups in total. The van der Waals surface area contributed by atoms with Gasteiger partial charge in [-0.05, 0) is 22.9 Å². The Morgan fingerprint density at radius 1 is 1.17 bits per heavy atom. The van der Waals surface area contributed by atoms with Crippen molar-refractivity contribution in [3.8, 4) is 6.07 Å². The standard InChI is InChI=1S/C21H25N2O3S2.C2HF3O2/c22-9-1-2-10-23-11-7-16(8-12-23)17(15-23)26-20(24)21(25,18-5-3-13-27-18)19-6-4-14-28-19;3-2(4,5)1(6)7/h3-6,13-14,16-17,25H,1-2,7-8,10-12,15H2;(H,6,7)/q+1;/p-1/t16?,17-,23?;/m0./s1. The summed E-state index contributed by atoms with van der Waals surface area (Å²) >= 11 is 2.74. The first kappa shape index (κ1) is 27.1. The number of nitriles is 1. The molecule has 0 radical (unpaired) electrons. The number of esters is 1. The normalized spacial score (nSPS) is 23.6. The van der Waals surface area contributed by atoms with Gasteiger partial charge >= 0.3 is 12.1 Å². The van der Waals surface area contributed by atoms with Gasteiger partial charge in [0.1, 0.15) is 12.5 Å². The highest BCUT2D eigenvalue weighted by Gasteiger charge is 2.51. The molecule has 3 saturated heterocycles. The zero-order chi connectivity index (χ0) is 25.7. The van der Waals surface area contributed by atoms with Gasteiger partial charge in [-0.2, -0.15) is 18.4 Å². The maximum atomic E-state index is 13.3. The third-order valence-corrected chi connectivity index (χ3v) is 8.46. The number of piperidine rings is 3. The lowest BCUT2D eigenvalue weighted by atomic mass is 9.83. The van der Waals surface area contributed by atoms with Crippen LogP contribution in [0.2, 0.25) is 0 Å². The lowest BCUT2D eigenvalue weighted by Crippen LogP contribution is -2.65. The van der Waals surface area contributed by atoms with Crippen molar-refractivity contribution in [2.45, 2.75) is 43.6 Å². The van der Waals surface area contributed by atoms with Gasteiger partial charge in [-0.1, -0.05) is 12.1 Å². The minimum Gasteiger partial charge on any atom is -0.542 e. The Morgan fingerprint density at radius 2 is 1.71 bits per heavy atom. The van der Waals surface area contributed by atoms with Crippen LogP contribution in [0.1, 0.15) is 35.4 Å². The number of halogens is 3. The van der Waals surface area contributed by atoms with Gasteiger partial charge in [0.2, 0.25) is 5.60 Å². The molecule has 0 aromatic carbocycles. The van der Waals surface area contributed by atoms with Crippen LogP contribution < -0.4 is 5.11 Å². The number of quaternary nitrogens is 1. The Balaban J connectivity index is 0.000000429. The van der Waals surface area contributed by atoms with Gasteiger partial charge in [-0.15, -0.1) is 22.7 Å². The van der Waals surface area contributed by atoms with E-state index in [1.54, 1.807) is 12.1 Å². The number of hydrogen-bond acceptors (Lipinski definition) is 8. The molecule has 5 rings (SSSR count). The number of aliphatic carboxylic acids is 1. The molecule has 2 aromatic heterocycles. The van der Waals surface area contributed by atoms with E-state index in [1.165, 1.54) is 22.7 Å². The van der Waals surface area contributed by atoms with Crippen molar-refractivity contribution in [1.29, 1.82) is 5.26 Å². The van der Waals surface area contributed by atoms with Crippen molar-refractivity contribution >= 4 is 34.6 Å². The quantitative estimate of drug-likeness (QED) is 0.335. The predicted octanol–water partition coefficient (Wildman–Crippen LogP) is 2.80. The number of fused-ring (bicyclic) bond motifs is 3. The van der Waals surface area contributed by atoms with E-state index >= 15 is 0 Å². The molecule has 0 unspecified atom stereocenters. The van der Waals surface area contributed by atoms with E-state index < -0.39 is 23.7 Å². The molecule has 3 fully saturated rings. The zero-order valence-electron chi connectivity index (χ0n) is 18.7. The maximum Gasteiger partial charge on any atom is 0.430 e. The summed E-state index contributed by atoms with van der Waals surface area (Å²) in [5.74, 6) is -3.20. The summed E-state index contributed by atoms with van der Waals surface area (Å²) in [6, 6.07) is 9.49. The second-order valence-corrected chi connectivity index (χ2v) is 10.6. The molecule has 1 atom stereocenters. The van der Waals surface area contributed by atoms with Crippen LogP contribution in [-0.2, 0) is 19.9 Å². The lowest BCUT2D eigenvalue weighted by molar-refractivity contribution is -0.946. The van der Waals surface area contributed by atoms with Crippen molar-refractivity contribution in [1.82, 2.24) is 0 Å². The Labute approximate surface area is 208 Å². The lowest BCUT2D eigenvalue weighted by Gasteiger charge is -2.52. The molecule has 7 nitrogen and oxygen atoms in total. The molecule has 5 heterocycles. The molecule has 0 saturated carbocycles. The fraction of sp³-hybridized carbons (Fsp3) is 0.522. The number of thiophene rings is 2. The van der Waals surface area contributed by atoms with E-state index in [0.717, 1.165) is 49.9 Å². The minimum absolute atomic E-state index is 0.163. The van der Waals surface area contributed by atoms with Crippen LogP contribution in [0.25, 0.3) is 0 Å². The highest BCUT2D eigenvalue weighted by Crippen LogP contribution is 2.40. The third kappa shape index (κ3) is 6.22. The second kappa shape index (κ2) is 11.1. The summed E-state index contributed by atoms with van der Waals surface area (Å²) in [6.45, 7) is 3.97. The molecular formula is C23H25F3N2O5S2. The SMILES string of the molecule is N#CCCC[N+]12CCC(CC1)[C@@H](OC(=O)C(O)(c1cccs1)c1cccs1)C2.O=C([O-])C(F)(F)F. The van der Waals surface area contributed by atoms with E-state index in [-0.39, 0.29) is 6.10 Å². The highest BCUT2D eigenvalue weighted by atomic mass is 32.1. The third-order valence-electron chi connectivity index (χ3n) is 6.50. The Morgan fingerprint density at radius 3 is 2.14 bits per heavy atom. The second-order valence-electron chi connectivity index (χ2n) is 8.69. The summed E-state index contributed by atoms with van der Waals surface area (Å²) in [6.07, 6.45) is -1.81. The molecule has 2 bridgehead atoms. The van der Waals surface area contributed by atoms with Crippen molar-refractivity contribution in [2.24, 2.45) is 5.92 Å². The molecule has 3 aliphatic heterocycles. The highest BCUT2D eigenvalue weighted by molar-refractivity contribution is 7.12. The summed E-state index contributed by atoms with van der Waals surface area (Å²) in [5, 5.41) is 32.8. The van der Waals surface area contributed by atoms with Crippen molar-refractivity contribution in [3.05, 3.63) is 44.8 Å². The molecule has 3 aliphatic rings.